The van der Waals surface area contributed by atoms with Crippen molar-refractivity contribution in [3.8, 4) is 0 Å². The predicted octanol–water partition coefficient (Wildman–Crippen LogP) is -0.329. The number of hydrogen-bond acceptors (Lipinski definition) is 4. The molecule has 64 valence electrons. The summed E-state index contributed by atoms with van der Waals surface area (Å²) in [7, 11) is -1.45. The van der Waals surface area contributed by atoms with Crippen molar-refractivity contribution < 1.29 is 10.0 Å². The molecule has 0 bridgehead atoms. The standard InChI is InChI=1S/C7H10BNO2S/c1-12-7-3-5(8(10)11)2-6(9)4-7/h2-4,10-11H,9H2,1H3. The molecule has 4 N–H and O–H groups in total. The van der Waals surface area contributed by atoms with E-state index in [0.717, 1.165) is 4.90 Å². The van der Waals surface area contributed by atoms with Gasteiger partial charge in [0.15, 0.2) is 0 Å². The molecule has 0 heterocycles. The Balaban J connectivity index is 3.06. The Morgan fingerprint density at radius 2 is 2.00 bits per heavy atom. The topological polar surface area (TPSA) is 66.5 Å². The average molecular weight is 183 g/mol. The fourth-order valence-electron chi connectivity index (χ4n) is 0.913. The first-order chi connectivity index (χ1) is 5.63. The van der Waals surface area contributed by atoms with Crippen LogP contribution in [0.2, 0.25) is 0 Å². The monoisotopic (exact) mass is 183 g/mol. The number of thioether (sulfide) groups is 1. The van der Waals surface area contributed by atoms with Gasteiger partial charge in [-0.05, 0) is 29.9 Å². The third kappa shape index (κ3) is 2.17. The van der Waals surface area contributed by atoms with Crippen LogP contribution in [0.15, 0.2) is 23.1 Å². The van der Waals surface area contributed by atoms with Crippen molar-refractivity contribution >= 4 is 30.0 Å². The van der Waals surface area contributed by atoms with E-state index in [2.05, 4.69) is 0 Å². The summed E-state index contributed by atoms with van der Waals surface area (Å²) < 4.78 is 0. The highest BCUT2D eigenvalue weighted by atomic mass is 32.2. The summed E-state index contributed by atoms with van der Waals surface area (Å²) in [6.45, 7) is 0. The van der Waals surface area contributed by atoms with Gasteiger partial charge >= 0.3 is 7.12 Å². The Morgan fingerprint density at radius 3 is 2.50 bits per heavy atom. The Kier molecular flexibility index (Phi) is 3.02. The van der Waals surface area contributed by atoms with Gasteiger partial charge in [0.25, 0.3) is 0 Å². The Morgan fingerprint density at radius 1 is 1.33 bits per heavy atom. The van der Waals surface area contributed by atoms with E-state index >= 15 is 0 Å². The fourth-order valence-corrected chi connectivity index (χ4v) is 1.42. The number of rotatable bonds is 2. The summed E-state index contributed by atoms with van der Waals surface area (Å²) in [6, 6.07) is 5.03. The Bertz CT molecular complexity index is 280. The van der Waals surface area contributed by atoms with Crippen LogP contribution in [0.1, 0.15) is 0 Å². The number of nitrogen functional groups attached to an aromatic ring is 1. The summed E-state index contributed by atoms with van der Waals surface area (Å²) in [4.78, 5) is 0.929. The van der Waals surface area contributed by atoms with Crippen LogP contribution in [0.3, 0.4) is 0 Å². The molecule has 0 saturated carbocycles. The minimum absolute atomic E-state index is 0.430. The quantitative estimate of drug-likeness (QED) is 0.333. The van der Waals surface area contributed by atoms with Gasteiger partial charge in [0.05, 0.1) is 0 Å². The van der Waals surface area contributed by atoms with E-state index in [1.54, 1.807) is 18.2 Å². The van der Waals surface area contributed by atoms with Gasteiger partial charge in [0.2, 0.25) is 0 Å². The van der Waals surface area contributed by atoms with Crippen LogP contribution in [0, 0.1) is 0 Å². The second kappa shape index (κ2) is 3.84. The first-order valence-corrected chi connectivity index (χ1v) is 4.66. The van der Waals surface area contributed by atoms with Crippen LogP contribution in [0.5, 0.6) is 0 Å². The second-order valence-corrected chi connectivity index (χ2v) is 3.29. The predicted molar refractivity (Wildman–Crippen MR) is 52.5 cm³/mol. The lowest BCUT2D eigenvalue weighted by Gasteiger charge is -2.03. The average Bonchev–Trinajstić information content (AvgIpc) is 2.03. The molecule has 1 aromatic rings. The van der Waals surface area contributed by atoms with Crippen molar-refractivity contribution in [1.82, 2.24) is 0 Å². The number of anilines is 1. The van der Waals surface area contributed by atoms with Gasteiger partial charge in [-0.25, -0.2) is 0 Å². The first kappa shape index (κ1) is 9.44. The van der Waals surface area contributed by atoms with Crippen LogP contribution < -0.4 is 11.2 Å². The van der Waals surface area contributed by atoms with Crippen molar-refractivity contribution in [2.75, 3.05) is 12.0 Å². The fraction of sp³-hybridized carbons (Fsp3) is 0.143. The van der Waals surface area contributed by atoms with Crippen molar-refractivity contribution in [1.29, 1.82) is 0 Å². The van der Waals surface area contributed by atoms with E-state index in [-0.39, 0.29) is 0 Å². The molecule has 0 aromatic heterocycles. The second-order valence-electron chi connectivity index (χ2n) is 2.41. The Labute approximate surface area is 75.7 Å². The van der Waals surface area contributed by atoms with Crippen molar-refractivity contribution in [3.63, 3.8) is 0 Å². The molecule has 0 radical (unpaired) electrons. The lowest BCUT2D eigenvalue weighted by Crippen LogP contribution is -2.30. The molecule has 0 aliphatic rings. The highest BCUT2D eigenvalue weighted by Gasteiger charge is 2.11. The molecule has 3 nitrogen and oxygen atoms in total. The summed E-state index contributed by atoms with van der Waals surface area (Å²) in [5.41, 5.74) is 6.51. The SMILES string of the molecule is CSc1cc(N)cc(B(O)O)c1. The minimum atomic E-state index is -1.45. The lowest BCUT2D eigenvalue weighted by molar-refractivity contribution is 0.425. The molecule has 0 aliphatic carbocycles. The molecule has 0 amide bonds. The van der Waals surface area contributed by atoms with Gasteiger partial charge < -0.3 is 15.8 Å². The molecule has 0 atom stereocenters. The van der Waals surface area contributed by atoms with E-state index in [4.69, 9.17) is 15.8 Å². The minimum Gasteiger partial charge on any atom is -0.423 e. The summed E-state index contributed by atoms with van der Waals surface area (Å²) >= 11 is 1.51. The van der Waals surface area contributed by atoms with Crippen LogP contribution in [0.4, 0.5) is 5.69 Å². The maximum atomic E-state index is 8.86. The Hall–Kier alpha value is -0.645. The first-order valence-electron chi connectivity index (χ1n) is 3.44. The van der Waals surface area contributed by atoms with Crippen LogP contribution in [-0.2, 0) is 0 Å². The molecule has 0 aliphatic heterocycles. The van der Waals surface area contributed by atoms with Gasteiger partial charge in [-0.1, -0.05) is 0 Å². The number of nitrogens with two attached hydrogens (primary N) is 1. The third-order valence-corrected chi connectivity index (χ3v) is 2.19. The zero-order chi connectivity index (χ0) is 9.14. The molecule has 5 heteroatoms. The maximum absolute atomic E-state index is 8.86. The highest BCUT2D eigenvalue weighted by Crippen LogP contribution is 2.15. The van der Waals surface area contributed by atoms with Gasteiger partial charge in [-0.3, -0.25) is 0 Å². The normalized spacial score (nSPS) is 9.92. The van der Waals surface area contributed by atoms with Gasteiger partial charge in [0, 0.05) is 10.6 Å². The molecule has 0 fully saturated rings. The van der Waals surface area contributed by atoms with Crippen molar-refractivity contribution in [2.24, 2.45) is 0 Å². The molecule has 0 unspecified atom stereocenters. The summed E-state index contributed by atoms with van der Waals surface area (Å²) in [5, 5.41) is 17.7. The van der Waals surface area contributed by atoms with Crippen molar-refractivity contribution in [3.05, 3.63) is 18.2 Å². The van der Waals surface area contributed by atoms with Gasteiger partial charge in [0.1, 0.15) is 0 Å². The lowest BCUT2D eigenvalue weighted by atomic mass is 9.80. The molecule has 1 rings (SSSR count). The maximum Gasteiger partial charge on any atom is 0.488 e. The third-order valence-electron chi connectivity index (χ3n) is 1.49. The largest absolute Gasteiger partial charge is 0.488 e. The molecule has 12 heavy (non-hydrogen) atoms. The van der Waals surface area contributed by atoms with Crippen molar-refractivity contribution in [2.45, 2.75) is 4.90 Å². The molecule has 1 aromatic carbocycles. The number of benzene rings is 1. The molecular weight excluding hydrogens is 173 g/mol. The van der Waals surface area contributed by atoms with Crippen LogP contribution >= 0.6 is 11.8 Å². The van der Waals surface area contributed by atoms with Crippen LogP contribution in [0.25, 0.3) is 0 Å². The van der Waals surface area contributed by atoms with E-state index in [9.17, 15) is 0 Å². The molecule has 0 spiro atoms. The smallest absolute Gasteiger partial charge is 0.423 e. The zero-order valence-electron chi connectivity index (χ0n) is 6.69. The van der Waals surface area contributed by atoms with E-state index in [0.29, 0.717) is 11.2 Å². The number of hydrogen-bond donors (Lipinski definition) is 3. The van der Waals surface area contributed by atoms with Gasteiger partial charge in [-0.2, -0.15) is 0 Å². The highest BCUT2D eigenvalue weighted by molar-refractivity contribution is 7.98. The van der Waals surface area contributed by atoms with Crippen LogP contribution in [-0.4, -0.2) is 23.4 Å². The van der Waals surface area contributed by atoms with E-state index in [1.165, 1.54) is 11.8 Å². The molecular formula is C7H10BNO2S. The van der Waals surface area contributed by atoms with Gasteiger partial charge in [-0.15, -0.1) is 11.8 Å². The van der Waals surface area contributed by atoms with E-state index < -0.39 is 7.12 Å². The summed E-state index contributed by atoms with van der Waals surface area (Å²) in [6.07, 6.45) is 1.91. The summed E-state index contributed by atoms with van der Waals surface area (Å²) in [5.74, 6) is 0. The van der Waals surface area contributed by atoms with E-state index in [1.807, 2.05) is 6.26 Å². The molecule has 0 saturated heterocycles. The zero-order valence-corrected chi connectivity index (χ0v) is 7.51.